The summed E-state index contributed by atoms with van der Waals surface area (Å²) in [6, 6.07) is 0. The number of carbonyl (C=O) groups excluding carboxylic acids is 2. The monoisotopic (exact) mass is 287 g/mol. The Balaban J connectivity index is -0.000000249. The Labute approximate surface area is 91.5 Å². The molecular weight excluding hydrogens is 282 g/mol. The van der Waals surface area contributed by atoms with Crippen LogP contribution < -0.4 is 0 Å². The summed E-state index contributed by atoms with van der Waals surface area (Å²) < 4.78 is 65.3. The van der Waals surface area contributed by atoms with E-state index in [2.05, 4.69) is 0 Å². The number of Topliss-reactive ketones (excluding diaryl/α,β-unsaturated/α-hetero) is 2. The number of ketones is 2. The van der Waals surface area contributed by atoms with Crippen LogP contribution in [0.2, 0.25) is 0 Å². The molecule has 0 rings (SSSR count). The van der Waals surface area contributed by atoms with E-state index < -0.39 is 18.1 Å². The molecular formula is C6H6CuF6O2. The summed E-state index contributed by atoms with van der Waals surface area (Å²) in [6.07, 6.45) is -11.6. The molecule has 0 aromatic rings. The van der Waals surface area contributed by atoms with Crippen LogP contribution in [-0.2, 0) is 26.7 Å². The Morgan fingerprint density at radius 3 is 0.933 bits per heavy atom. The third kappa shape index (κ3) is 13.4. The zero-order valence-electron chi connectivity index (χ0n) is 7.39. The number of halogens is 6. The van der Waals surface area contributed by atoms with Crippen molar-refractivity contribution in [1.29, 1.82) is 0 Å². The molecule has 0 aromatic heterocycles. The fourth-order valence-corrected chi connectivity index (χ4v) is 0.161. The van der Waals surface area contributed by atoms with Gasteiger partial charge in [-0.05, 0) is 13.8 Å². The van der Waals surface area contributed by atoms with Crippen LogP contribution in [0.5, 0.6) is 0 Å². The van der Waals surface area contributed by atoms with Crippen LogP contribution in [0.1, 0.15) is 13.8 Å². The molecule has 0 N–H and O–H groups in total. The Hall–Kier alpha value is -0.561. The molecule has 0 atom stereocenters. The smallest absolute Gasteiger partial charge is 0.300 e. The van der Waals surface area contributed by atoms with E-state index >= 15 is 0 Å². The molecule has 0 fully saturated rings. The van der Waals surface area contributed by atoms with Crippen LogP contribution in [0.3, 0.4) is 0 Å². The van der Waals surface area contributed by atoms with E-state index in [1.54, 1.807) is 0 Å². The maximum atomic E-state index is 10.9. The van der Waals surface area contributed by atoms with Gasteiger partial charge in [0.15, 0.2) is 0 Å². The van der Waals surface area contributed by atoms with E-state index in [0.717, 1.165) is 0 Å². The van der Waals surface area contributed by atoms with Crippen LogP contribution in [0.4, 0.5) is 26.3 Å². The van der Waals surface area contributed by atoms with Crippen LogP contribution in [0.15, 0.2) is 0 Å². The minimum absolute atomic E-state index is 0. The van der Waals surface area contributed by atoms with Gasteiger partial charge in [0.2, 0.25) is 0 Å². The summed E-state index contributed by atoms with van der Waals surface area (Å²) in [5.74, 6) is -3.51. The summed E-state index contributed by atoms with van der Waals surface area (Å²) >= 11 is 0. The van der Waals surface area contributed by atoms with E-state index in [9.17, 15) is 35.9 Å². The van der Waals surface area contributed by atoms with Gasteiger partial charge in [-0.1, -0.05) is 0 Å². The quantitative estimate of drug-likeness (QED) is 0.506. The third-order valence-electron chi connectivity index (χ3n) is 0.515. The number of hydrogen-bond donors (Lipinski definition) is 0. The Kier molecular flexibility index (Phi) is 9.09. The Morgan fingerprint density at radius 2 is 0.933 bits per heavy atom. The topological polar surface area (TPSA) is 34.1 Å². The van der Waals surface area contributed by atoms with Crippen molar-refractivity contribution in [3.63, 3.8) is 0 Å². The van der Waals surface area contributed by atoms with E-state index in [1.165, 1.54) is 13.8 Å². The normalized spacial score (nSPS) is 10.7. The van der Waals surface area contributed by atoms with Gasteiger partial charge in [0.05, 0.1) is 0 Å². The molecule has 0 unspecified atom stereocenters. The van der Waals surface area contributed by atoms with Crippen LogP contribution in [0, 0.1) is 0 Å². The van der Waals surface area contributed by atoms with Crippen molar-refractivity contribution in [2.45, 2.75) is 26.2 Å². The summed E-state index contributed by atoms with van der Waals surface area (Å²) in [6.45, 7) is 3.06. The molecule has 1 radical (unpaired) electrons. The first kappa shape index (κ1) is 19.9. The first-order valence-corrected chi connectivity index (χ1v) is 3.04. The van der Waals surface area contributed by atoms with Gasteiger partial charge in [0.25, 0.3) is 0 Å². The van der Waals surface area contributed by atoms with E-state index in [-0.39, 0.29) is 22.9 Å². The van der Waals surface area contributed by atoms with Crippen molar-refractivity contribution in [2.24, 2.45) is 0 Å². The SMILES string of the molecule is CC(C)=O.O=C(C(F)(F)F)C(F)(F)F.[Cu]. The van der Waals surface area contributed by atoms with Crippen molar-refractivity contribution >= 4 is 11.6 Å². The Bertz CT molecular complexity index is 199. The predicted molar refractivity (Wildman–Crippen MR) is 33.5 cm³/mol. The van der Waals surface area contributed by atoms with E-state index in [0.29, 0.717) is 0 Å². The molecule has 0 aliphatic heterocycles. The number of carbonyl (C=O) groups is 2. The van der Waals surface area contributed by atoms with Crippen molar-refractivity contribution < 1.29 is 53.0 Å². The fourth-order valence-electron chi connectivity index (χ4n) is 0.161. The molecule has 0 saturated carbocycles. The van der Waals surface area contributed by atoms with Gasteiger partial charge in [-0.25, -0.2) is 0 Å². The van der Waals surface area contributed by atoms with Crippen LogP contribution in [-0.4, -0.2) is 23.9 Å². The first-order chi connectivity index (χ1) is 5.89. The van der Waals surface area contributed by atoms with E-state index in [4.69, 9.17) is 0 Å². The molecule has 0 bridgehead atoms. The number of rotatable bonds is 0. The summed E-state index contributed by atoms with van der Waals surface area (Å²) in [7, 11) is 0. The summed E-state index contributed by atoms with van der Waals surface area (Å²) in [4.78, 5) is 18.7. The van der Waals surface area contributed by atoms with Gasteiger partial charge in [0.1, 0.15) is 5.78 Å². The molecule has 0 aliphatic rings. The zero-order valence-corrected chi connectivity index (χ0v) is 8.33. The minimum atomic E-state index is -5.82. The number of hydrogen-bond acceptors (Lipinski definition) is 2. The van der Waals surface area contributed by atoms with Crippen LogP contribution >= 0.6 is 0 Å². The largest absolute Gasteiger partial charge is 0.459 e. The summed E-state index contributed by atoms with van der Waals surface area (Å²) in [5, 5.41) is 0. The molecule has 15 heavy (non-hydrogen) atoms. The van der Waals surface area contributed by atoms with Crippen molar-refractivity contribution in [3.05, 3.63) is 0 Å². The molecule has 0 aliphatic carbocycles. The van der Waals surface area contributed by atoms with Gasteiger partial charge in [-0.15, -0.1) is 0 Å². The minimum Gasteiger partial charge on any atom is -0.300 e. The Morgan fingerprint density at radius 1 is 0.800 bits per heavy atom. The molecule has 2 nitrogen and oxygen atoms in total. The summed E-state index contributed by atoms with van der Waals surface area (Å²) in [5.41, 5.74) is 0. The molecule has 0 amide bonds. The molecule has 9 heteroatoms. The zero-order chi connectivity index (χ0) is 12.2. The average Bonchev–Trinajstić information content (AvgIpc) is 1.80. The molecule has 0 spiro atoms. The first-order valence-electron chi connectivity index (χ1n) is 3.04. The molecule has 95 valence electrons. The number of alkyl halides is 6. The van der Waals surface area contributed by atoms with Crippen molar-refractivity contribution in [1.82, 2.24) is 0 Å². The third-order valence-corrected chi connectivity index (χ3v) is 0.515. The maximum absolute atomic E-state index is 10.9. The average molecular weight is 288 g/mol. The second kappa shape index (κ2) is 6.84. The fraction of sp³-hybridized carbons (Fsp3) is 0.667. The van der Waals surface area contributed by atoms with Gasteiger partial charge in [-0.3, -0.25) is 4.79 Å². The van der Waals surface area contributed by atoms with Gasteiger partial charge in [-0.2, -0.15) is 26.3 Å². The maximum Gasteiger partial charge on any atom is 0.459 e. The second-order valence-electron chi connectivity index (χ2n) is 2.23. The van der Waals surface area contributed by atoms with Gasteiger partial charge >= 0.3 is 18.1 Å². The van der Waals surface area contributed by atoms with Crippen molar-refractivity contribution in [2.75, 3.05) is 0 Å². The molecule has 0 aromatic carbocycles. The second-order valence-corrected chi connectivity index (χ2v) is 2.23. The molecule has 0 saturated heterocycles. The van der Waals surface area contributed by atoms with Crippen LogP contribution in [0.25, 0.3) is 0 Å². The predicted octanol–water partition coefficient (Wildman–Crippen LogP) is 2.27. The van der Waals surface area contributed by atoms with Crippen molar-refractivity contribution in [3.8, 4) is 0 Å². The van der Waals surface area contributed by atoms with E-state index in [1.807, 2.05) is 0 Å². The standard InChI is InChI=1S/C3F6O.C3H6O.Cu/c4-2(5,6)1(10)3(7,8)9;1-3(2)4;/h;1-2H3;. The van der Waals surface area contributed by atoms with Gasteiger partial charge < -0.3 is 4.79 Å². The molecule has 0 heterocycles. The van der Waals surface area contributed by atoms with Gasteiger partial charge in [0, 0.05) is 17.1 Å².